The Bertz CT molecular complexity index is 649. The highest BCUT2D eigenvalue weighted by molar-refractivity contribution is 6.30. The molecular formula is C13H11ClN2O4. The molecule has 0 amide bonds. The number of aromatic nitrogens is 2. The van der Waals surface area contributed by atoms with Gasteiger partial charge in [-0.25, -0.2) is 14.3 Å². The summed E-state index contributed by atoms with van der Waals surface area (Å²) in [7, 11) is 0. The van der Waals surface area contributed by atoms with Gasteiger partial charge in [-0.3, -0.25) is 0 Å². The number of hydrogen-bond donors (Lipinski definition) is 1. The molecule has 0 saturated carbocycles. The summed E-state index contributed by atoms with van der Waals surface area (Å²) in [4.78, 5) is 22.8. The highest BCUT2D eigenvalue weighted by Gasteiger charge is 2.23. The Morgan fingerprint density at radius 1 is 1.35 bits per heavy atom. The molecular weight excluding hydrogens is 284 g/mol. The molecule has 0 spiro atoms. The van der Waals surface area contributed by atoms with Crippen LogP contribution in [0.4, 0.5) is 0 Å². The Labute approximate surface area is 119 Å². The molecule has 104 valence electrons. The molecule has 2 rings (SSSR count). The molecule has 1 heterocycles. The van der Waals surface area contributed by atoms with Crippen LogP contribution in [0.3, 0.4) is 0 Å². The maximum atomic E-state index is 11.7. The summed E-state index contributed by atoms with van der Waals surface area (Å²) >= 11 is 5.78. The number of halogens is 1. The van der Waals surface area contributed by atoms with Crippen molar-refractivity contribution in [3.63, 3.8) is 0 Å². The Balaban J connectivity index is 2.46. The quantitative estimate of drug-likeness (QED) is 0.876. The van der Waals surface area contributed by atoms with Gasteiger partial charge in [-0.1, -0.05) is 11.6 Å². The zero-order valence-corrected chi connectivity index (χ0v) is 11.3. The van der Waals surface area contributed by atoms with E-state index in [0.29, 0.717) is 10.7 Å². The standard InChI is InChI=1S/C13H11ClN2O4/c1-2-20-13(19)11-10(12(17)18)7-16(15-11)9-5-3-8(14)4-6-9/h3-7H,2H2,1H3,(H,17,18). The molecule has 0 saturated heterocycles. The summed E-state index contributed by atoms with van der Waals surface area (Å²) in [5.41, 5.74) is 0.153. The summed E-state index contributed by atoms with van der Waals surface area (Å²) in [6.07, 6.45) is 1.26. The predicted molar refractivity (Wildman–Crippen MR) is 71.5 cm³/mol. The second kappa shape index (κ2) is 5.75. The number of carbonyl (C=O) groups is 2. The normalized spacial score (nSPS) is 10.3. The van der Waals surface area contributed by atoms with E-state index in [-0.39, 0.29) is 17.9 Å². The number of carboxylic acid groups (broad SMARTS) is 1. The molecule has 20 heavy (non-hydrogen) atoms. The van der Waals surface area contributed by atoms with E-state index in [1.54, 1.807) is 31.2 Å². The third kappa shape index (κ3) is 2.80. The van der Waals surface area contributed by atoms with Crippen LogP contribution in [0.5, 0.6) is 0 Å². The van der Waals surface area contributed by atoms with Crippen molar-refractivity contribution < 1.29 is 19.4 Å². The van der Waals surface area contributed by atoms with Crippen molar-refractivity contribution in [2.45, 2.75) is 6.92 Å². The van der Waals surface area contributed by atoms with E-state index in [1.165, 1.54) is 10.9 Å². The number of aromatic carboxylic acids is 1. The van der Waals surface area contributed by atoms with Gasteiger partial charge < -0.3 is 9.84 Å². The van der Waals surface area contributed by atoms with Gasteiger partial charge in [-0.05, 0) is 31.2 Å². The molecule has 1 N–H and O–H groups in total. The molecule has 1 aromatic carbocycles. The van der Waals surface area contributed by atoms with Crippen molar-refractivity contribution in [1.82, 2.24) is 9.78 Å². The van der Waals surface area contributed by atoms with Crippen LogP contribution in [0.1, 0.15) is 27.8 Å². The molecule has 0 aliphatic carbocycles. The molecule has 0 radical (unpaired) electrons. The first-order chi connectivity index (χ1) is 9.52. The number of carbonyl (C=O) groups excluding carboxylic acids is 1. The number of nitrogens with zero attached hydrogens (tertiary/aromatic N) is 2. The highest BCUT2D eigenvalue weighted by Crippen LogP contribution is 2.16. The number of hydrogen-bond acceptors (Lipinski definition) is 4. The Kier molecular flexibility index (Phi) is 4.05. The van der Waals surface area contributed by atoms with Crippen molar-refractivity contribution in [2.24, 2.45) is 0 Å². The van der Waals surface area contributed by atoms with E-state index in [9.17, 15) is 9.59 Å². The Morgan fingerprint density at radius 2 is 2.00 bits per heavy atom. The molecule has 1 aromatic heterocycles. The van der Waals surface area contributed by atoms with E-state index in [2.05, 4.69) is 5.10 Å². The number of rotatable bonds is 4. The van der Waals surface area contributed by atoms with E-state index < -0.39 is 11.9 Å². The number of carboxylic acids is 1. The van der Waals surface area contributed by atoms with Gasteiger partial charge in [0, 0.05) is 11.2 Å². The van der Waals surface area contributed by atoms with Gasteiger partial charge in [0.25, 0.3) is 0 Å². The van der Waals surface area contributed by atoms with Crippen LogP contribution in [0.2, 0.25) is 5.02 Å². The van der Waals surface area contributed by atoms with Crippen molar-refractivity contribution in [3.8, 4) is 5.69 Å². The Morgan fingerprint density at radius 3 is 2.55 bits per heavy atom. The largest absolute Gasteiger partial charge is 0.478 e. The molecule has 2 aromatic rings. The fraction of sp³-hybridized carbons (Fsp3) is 0.154. The maximum absolute atomic E-state index is 11.7. The fourth-order valence-electron chi connectivity index (χ4n) is 1.61. The van der Waals surface area contributed by atoms with Crippen molar-refractivity contribution in [3.05, 3.63) is 46.7 Å². The van der Waals surface area contributed by atoms with Crippen LogP contribution < -0.4 is 0 Å². The van der Waals surface area contributed by atoms with Crippen LogP contribution in [0.15, 0.2) is 30.5 Å². The predicted octanol–water partition coefficient (Wildman–Crippen LogP) is 2.40. The second-order valence-corrected chi connectivity index (χ2v) is 4.27. The number of esters is 1. The average molecular weight is 295 g/mol. The molecule has 0 fully saturated rings. The van der Waals surface area contributed by atoms with Gasteiger partial charge in [0.1, 0.15) is 5.56 Å². The van der Waals surface area contributed by atoms with Crippen LogP contribution in [0.25, 0.3) is 5.69 Å². The van der Waals surface area contributed by atoms with Crippen LogP contribution >= 0.6 is 11.6 Å². The van der Waals surface area contributed by atoms with Crippen LogP contribution in [-0.4, -0.2) is 33.4 Å². The topological polar surface area (TPSA) is 81.4 Å². The maximum Gasteiger partial charge on any atom is 0.359 e. The minimum Gasteiger partial charge on any atom is -0.478 e. The number of ether oxygens (including phenoxy) is 1. The summed E-state index contributed by atoms with van der Waals surface area (Å²) in [6.45, 7) is 1.78. The monoisotopic (exact) mass is 294 g/mol. The lowest BCUT2D eigenvalue weighted by Crippen LogP contribution is -2.11. The average Bonchev–Trinajstić information content (AvgIpc) is 2.85. The van der Waals surface area contributed by atoms with Crippen LogP contribution in [0, 0.1) is 0 Å². The zero-order chi connectivity index (χ0) is 14.7. The SMILES string of the molecule is CCOC(=O)c1nn(-c2ccc(Cl)cc2)cc1C(=O)O. The molecule has 0 aliphatic heterocycles. The van der Waals surface area contributed by atoms with Gasteiger partial charge in [0.05, 0.1) is 12.3 Å². The second-order valence-electron chi connectivity index (χ2n) is 3.84. The fourth-order valence-corrected chi connectivity index (χ4v) is 1.73. The smallest absolute Gasteiger partial charge is 0.359 e. The van der Waals surface area contributed by atoms with Crippen molar-refractivity contribution in [1.29, 1.82) is 0 Å². The Hall–Kier alpha value is -2.34. The lowest BCUT2D eigenvalue weighted by Gasteiger charge is -2.00. The summed E-state index contributed by atoms with van der Waals surface area (Å²) < 4.78 is 6.09. The third-order valence-electron chi connectivity index (χ3n) is 2.50. The number of benzene rings is 1. The zero-order valence-electron chi connectivity index (χ0n) is 10.5. The van der Waals surface area contributed by atoms with E-state index in [4.69, 9.17) is 21.4 Å². The molecule has 6 nitrogen and oxygen atoms in total. The summed E-state index contributed by atoms with van der Waals surface area (Å²) in [5.74, 6) is -2.01. The molecule has 0 bridgehead atoms. The minimum atomic E-state index is -1.24. The van der Waals surface area contributed by atoms with Crippen molar-refractivity contribution in [2.75, 3.05) is 6.61 Å². The van der Waals surface area contributed by atoms with E-state index in [0.717, 1.165) is 0 Å². The van der Waals surface area contributed by atoms with Gasteiger partial charge in [-0.15, -0.1) is 0 Å². The first-order valence-corrected chi connectivity index (χ1v) is 6.16. The summed E-state index contributed by atoms with van der Waals surface area (Å²) in [6, 6.07) is 6.61. The van der Waals surface area contributed by atoms with Gasteiger partial charge in [-0.2, -0.15) is 5.10 Å². The van der Waals surface area contributed by atoms with Gasteiger partial charge >= 0.3 is 11.9 Å². The molecule has 7 heteroatoms. The third-order valence-corrected chi connectivity index (χ3v) is 2.76. The lowest BCUT2D eigenvalue weighted by molar-refractivity contribution is 0.0507. The van der Waals surface area contributed by atoms with Crippen LogP contribution in [-0.2, 0) is 4.74 Å². The van der Waals surface area contributed by atoms with E-state index >= 15 is 0 Å². The summed E-state index contributed by atoms with van der Waals surface area (Å²) in [5, 5.41) is 13.6. The van der Waals surface area contributed by atoms with Gasteiger partial charge in [0.15, 0.2) is 5.69 Å². The first-order valence-electron chi connectivity index (χ1n) is 5.79. The van der Waals surface area contributed by atoms with E-state index in [1.807, 2.05) is 0 Å². The molecule has 0 atom stereocenters. The highest BCUT2D eigenvalue weighted by atomic mass is 35.5. The molecule has 0 unspecified atom stereocenters. The first kappa shape index (κ1) is 14.1. The molecule has 0 aliphatic rings. The lowest BCUT2D eigenvalue weighted by atomic mass is 10.2. The van der Waals surface area contributed by atoms with Gasteiger partial charge in [0.2, 0.25) is 0 Å². The minimum absolute atomic E-state index is 0.145. The van der Waals surface area contributed by atoms with Crippen molar-refractivity contribution >= 4 is 23.5 Å².